The summed E-state index contributed by atoms with van der Waals surface area (Å²) < 4.78 is 0. The van der Waals surface area contributed by atoms with E-state index in [0.29, 0.717) is 0 Å². The fourth-order valence-electron chi connectivity index (χ4n) is 1.50. The number of nitrogens with one attached hydrogen (secondary N) is 1. The smallest absolute Gasteiger partial charge is 0.130 e. The van der Waals surface area contributed by atoms with Crippen LogP contribution < -0.4 is 5.32 Å². The molecule has 1 N–H and O–H groups in total. The maximum atomic E-state index is 4.31. The van der Waals surface area contributed by atoms with Crippen LogP contribution in [0.1, 0.15) is 17.1 Å². The lowest BCUT2D eigenvalue weighted by Crippen LogP contribution is -2.03. The molecular weight excluding hydrogens is 200 g/mol. The van der Waals surface area contributed by atoms with Gasteiger partial charge in [0, 0.05) is 30.7 Å². The van der Waals surface area contributed by atoms with Crippen molar-refractivity contribution in [3.05, 3.63) is 47.7 Å². The molecule has 0 aliphatic heterocycles. The molecule has 0 saturated heterocycles. The van der Waals surface area contributed by atoms with E-state index >= 15 is 0 Å². The lowest BCUT2D eigenvalue weighted by atomic mass is 10.3. The molecule has 82 valence electrons. The third-order valence-corrected chi connectivity index (χ3v) is 2.19. The molecule has 2 heterocycles. The molecule has 0 aliphatic rings. The quantitative estimate of drug-likeness (QED) is 0.850. The van der Waals surface area contributed by atoms with Gasteiger partial charge < -0.3 is 5.32 Å². The number of nitrogens with zero attached hydrogens (tertiary/aromatic N) is 3. The molecule has 0 unspecified atom stereocenters. The van der Waals surface area contributed by atoms with E-state index in [1.54, 1.807) is 12.4 Å². The van der Waals surface area contributed by atoms with E-state index in [9.17, 15) is 0 Å². The molecule has 0 radical (unpaired) electrons. The van der Waals surface area contributed by atoms with Crippen molar-refractivity contribution >= 4 is 5.82 Å². The molecule has 4 nitrogen and oxygen atoms in total. The van der Waals surface area contributed by atoms with Crippen LogP contribution in [0.3, 0.4) is 0 Å². The van der Waals surface area contributed by atoms with Gasteiger partial charge in [0.15, 0.2) is 0 Å². The molecule has 0 bridgehead atoms. The number of aromatic nitrogens is 3. The van der Waals surface area contributed by atoms with Crippen molar-refractivity contribution < 1.29 is 0 Å². The van der Waals surface area contributed by atoms with Gasteiger partial charge >= 0.3 is 0 Å². The van der Waals surface area contributed by atoms with Gasteiger partial charge in [-0.05, 0) is 31.5 Å². The Hall–Kier alpha value is -1.97. The van der Waals surface area contributed by atoms with Crippen molar-refractivity contribution in [2.75, 3.05) is 5.32 Å². The van der Waals surface area contributed by atoms with Gasteiger partial charge in [-0.2, -0.15) is 0 Å². The zero-order chi connectivity index (χ0) is 11.4. The first-order chi connectivity index (χ1) is 7.74. The van der Waals surface area contributed by atoms with Crippen molar-refractivity contribution in [2.45, 2.75) is 20.4 Å². The van der Waals surface area contributed by atoms with Gasteiger partial charge in [-0.15, -0.1) is 0 Å². The molecule has 2 aromatic heterocycles. The summed E-state index contributed by atoms with van der Waals surface area (Å²) >= 11 is 0. The van der Waals surface area contributed by atoms with Crippen LogP contribution >= 0.6 is 0 Å². The number of aryl methyl sites for hydroxylation is 2. The summed E-state index contributed by atoms with van der Waals surface area (Å²) in [5.74, 6) is 1.65. The van der Waals surface area contributed by atoms with Crippen LogP contribution in [0.2, 0.25) is 0 Å². The molecule has 0 atom stereocenters. The van der Waals surface area contributed by atoms with Crippen molar-refractivity contribution in [3.63, 3.8) is 0 Å². The number of rotatable bonds is 3. The van der Waals surface area contributed by atoms with Gasteiger partial charge in [0.05, 0.1) is 0 Å². The van der Waals surface area contributed by atoms with Gasteiger partial charge in [0.2, 0.25) is 0 Å². The first-order valence-electron chi connectivity index (χ1n) is 5.19. The molecule has 16 heavy (non-hydrogen) atoms. The molecule has 0 aromatic carbocycles. The Morgan fingerprint density at radius 2 is 1.88 bits per heavy atom. The zero-order valence-electron chi connectivity index (χ0n) is 9.44. The molecular formula is C12H14N4. The average Bonchev–Trinajstić information content (AvgIpc) is 2.27. The molecule has 0 amide bonds. The minimum atomic E-state index is 0.748. The van der Waals surface area contributed by atoms with E-state index < -0.39 is 0 Å². The van der Waals surface area contributed by atoms with Crippen LogP contribution in [-0.2, 0) is 6.54 Å². The normalized spacial score (nSPS) is 10.1. The summed E-state index contributed by atoms with van der Waals surface area (Å²) in [5, 5.41) is 3.26. The molecule has 4 heteroatoms. The highest BCUT2D eigenvalue weighted by Gasteiger charge is 1.98. The maximum Gasteiger partial charge on any atom is 0.130 e. The lowest BCUT2D eigenvalue weighted by Gasteiger charge is -2.06. The van der Waals surface area contributed by atoms with Crippen LogP contribution in [-0.4, -0.2) is 15.0 Å². The fraction of sp³-hybridized carbons (Fsp3) is 0.250. The van der Waals surface area contributed by atoms with E-state index in [2.05, 4.69) is 20.3 Å². The van der Waals surface area contributed by atoms with Crippen LogP contribution in [0.25, 0.3) is 0 Å². The lowest BCUT2D eigenvalue weighted by molar-refractivity contribution is 0.990. The number of hydrogen-bond acceptors (Lipinski definition) is 4. The van der Waals surface area contributed by atoms with E-state index in [1.165, 1.54) is 5.56 Å². The van der Waals surface area contributed by atoms with E-state index in [4.69, 9.17) is 0 Å². The highest BCUT2D eigenvalue weighted by Crippen LogP contribution is 2.07. The molecule has 0 fully saturated rings. The van der Waals surface area contributed by atoms with E-state index in [-0.39, 0.29) is 0 Å². The first-order valence-corrected chi connectivity index (χ1v) is 5.19. The van der Waals surface area contributed by atoms with Crippen LogP contribution in [0.5, 0.6) is 0 Å². The Balaban J connectivity index is 2.05. The topological polar surface area (TPSA) is 50.7 Å². The monoisotopic (exact) mass is 214 g/mol. The summed E-state index contributed by atoms with van der Waals surface area (Å²) in [6.07, 6.45) is 3.57. The Morgan fingerprint density at radius 1 is 1.12 bits per heavy atom. The van der Waals surface area contributed by atoms with Gasteiger partial charge in [-0.1, -0.05) is 0 Å². The van der Waals surface area contributed by atoms with Gasteiger partial charge in [-0.25, -0.2) is 9.97 Å². The summed E-state index contributed by atoms with van der Waals surface area (Å²) in [6, 6.07) is 5.90. The third-order valence-electron chi connectivity index (χ3n) is 2.19. The Bertz CT molecular complexity index is 447. The second-order valence-electron chi connectivity index (χ2n) is 3.65. The SMILES string of the molecule is Cc1cc(NCc2ccncc2)nc(C)n1. The third kappa shape index (κ3) is 2.76. The summed E-state index contributed by atoms with van der Waals surface area (Å²) in [4.78, 5) is 12.5. The predicted molar refractivity (Wildman–Crippen MR) is 63.1 cm³/mol. The van der Waals surface area contributed by atoms with Crippen LogP contribution in [0.15, 0.2) is 30.6 Å². The summed E-state index contributed by atoms with van der Waals surface area (Å²) in [7, 11) is 0. The number of pyridine rings is 1. The highest BCUT2D eigenvalue weighted by molar-refractivity contribution is 5.36. The maximum absolute atomic E-state index is 4.31. The second kappa shape index (κ2) is 4.70. The average molecular weight is 214 g/mol. The van der Waals surface area contributed by atoms with Crippen molar-refractivity contribution in [2.24, 2.45) is 0 Å². The predicted octanol–water partition coefficient (Wildman–Crippen LogP) is 2.10. The van der Waals surface area contributed by atoms with Gasteiger partial charge in [-0.3, -0.25) is 4.98 Å². The Kier molecular flexibility index (Phi) is 3.10. The molecule has 2 aromatic rings. The highest BCUT2D eigenvalue weighted by atomic mass is 15.0. The Labute approximate surface area is 94.8 Å². The summed E-state index contributed by atoms with van der Waals surface area (Å²) in [6.45, 7) is 4.61. The largest absolute Gasteiger partial charge is 0.366 e. The minimum Gasteiger partial charge on any atom is -0.366 e. The molecule has 0 spiro atoms. The molecule has 0 aliphatic carbocycles. The van der Waals surface area contributed by atoms with Crippen LogP contribution in [0.4, 0.5) is 5.82 Å². The second-order valence-corrected chi connectivity index (χ2v) is 3.65. The fourth-order valence-corrected chi connectivity index (χ4v) is 1.50. The Morgan fingerprint density at radius 3 is 2.56 bits per heavy atom. The van der Waals surface area contributed by atoms with Crippen molar-refractivity contribution in [1.82, 2.24) is 15.0 Å². The minimum absolute atomic E-state index is 0.748. The standard InChI is InChI=1S/C12H14N4/c1-9-7-12(16-10(2)15-9)14-8-11-3-5-13-6-4-11/h3-7H,8H2,1-2H3,(H,14,15,16). The molecule has 0 saturated carbocycles. The van der Waals surface area contributed by atoms with Crippen LogP contribution in [0, 0.1) is 13.8 Å². The zero-order valence-corrected chi connectivity index (χ0v) is 9.44. The first kappa shape index (κ1) is 10.5. The van der Waals surface area contributed by atoms with E-state index in [1.807, 2.05) is 32.0 Å². The summed E-state index contributed by atoms with van der Waals surface area (Å²) in [5.41, 5.74) is 2.16. The van der Waals surface area contributed by atoms with Gasteiger partial charge in [0.25, 0.3) is 0 Å². The number of anilines is 1. The van der Waals surface area contributed by atoms with Crippen molar-refractivity contribution in [3.8, 4) is 0 Å². The van der Waals surface area contributed by atoms with Gasteiger partial charge in [0.1, 0.15) is 11.6 Å². The molecule has 2 rings (SSSR count). The van der Waals surface area contributed by atoms with Crippen molar-refractivity contribution in [1.29, 1.82) is 0 Å². The number of hydrogen-bond donors (Lipinski definition) is 1. The van der Waals surface area contributed by atoms with E-state index in [0.717, 1.165) is 23.9 Å².